The number of nitrogens with one attached hydrogen (secondary N) is 3. The van der Waals surface area contributed by atoms with Crippen molar-refractivity contribution in [3.8, 4) is 22.8 Å². The van der Waals surface area contributed by atoms with Crippen LogP contribution < -0.4 is 31.2 Å². The summed E-state index contributed by atoms with van der Waals surface area (Å²) >= 11 is 0. The molecular formula is C27H30N6O4. The van der Waals surface area contributed by atoms with Gasteiger partial charge in [-0.2, -0.15) is 0 Å². The van der Waals surface area contributed by atoms with E-state index >= 15 is 0 Å². The Hall–Kier alpha value is -4.18. The number of nitrogens with zero attached hydrogens (tertiary/aromatic N) is 2. The summed E-state index contributed by atoms with van der Waals surface area (Å²) in [5.41, 5.74) is 8.55. The Balaban J connectivity index is 1.27. The van der Waals surface area contributed by atoms with E-state index in [1.165, 1.54) is 6.20 Å². The minimum atomic E-state index is -0.353. The van der Waals surface area contributed by atoms with Crippen LogP contribution in [0, 0.1) is 0 Å². The molecule has 10 nitrogen and oxygen atoms in total. The number of hydrogen-bond acceptors (Lipinski definition) is 8. The third kappa shape index (κ3) is 5.97. The van der Waals surface area contributed by atoms with Gasteiger partial charge in [0.25, 0.3) is 11.8 Å². The van der Waals surface area contributed by atoms with Gasteiger partial charge in [-0.3, -0.25) is 9.59 Å². The van der Waals surface area contributed by atoms with Crippen LogP contribution in [0.25, 0.3) is 11.3 Å². The van der Waals surface area contributed by atoms with E-state index in [2.05, 4.69) is 25.9 Å². The maximum atomic E-state index is 12.9. The van der Waals surface area contributed by atoms with Crippen molar-refractivity contribution >= 4 is 17.6 Å². The highest BCUT2D eigenvalue weighted by molar-refractivity contribution is 5.97. The van der Waals surface area contributed by atoms with E-state index in [0.717, 1.165) is 31.4 Å². The molecule has 192 valence electrons. The highest BCUT2D eigenvalue weighted by Gasteiger charge is 2.20. The molecule has 2 aliphatic heterocycles. The van der Waals surface area contributed by atoms with Crippen LogP contribution in [-0.4, -0.2) is 54.1 Å². The van der Waals surface area contributed by atoms with Gasteiger partial charge in [-0.15, -0.1) is 0 Å². The Bertz CT molecular complexity index is 1290. The number of aromatic nitrogens is 2. The molecule has 5 N–H and O–H groups in total. The summed E-state index contributed by atoms with van der Waals surface area (Å²) in [5, 5.41) is 9.26. The SMILES string of the molecule is Nc1ncc(-c2cccc(C(=O)NCc3ccc4c(c3)OCCO4)c2)nc1C(=O)NC1CCCCNC1. The summed E-state index contributed by atoms with van der Waals surface area (Å²) in [4.78, 5) is 34.5. The maximum Gasteiger partial charge on any atom is 0.274 e. The van der Waals surface area contributed by atoms with Crippen molar-refractivity contribution in [3.63, 3.8) is 0 Å². The second-order valence-corrected chi connectivity index (χ2v) is 9.10. The number of benzene rings is 2. The second kappa shape index (κ2) is 11.3. The molecule has 3 heterocycles. The number of hydrogen-bond donors (Lipinski definition) is 4. The first-order valence-corrected chi connectivity index (χ1v) is 12.5. The standard InChI is InChI=1S/C27H30N6O4/c28-25-24(27(35)32-20-6-1-2-9-29-15-20)33-21(16-30-25)18-4-3-5-19(13-18)26(34)31-14-17-7-8-22-23(12-17)37-11-10-36-22/h3-5,7-8,12-13,16,20,29H,1-2,6,9-11,14-15H2,(H2,28,30)(H,31,34)(H,32,35). The quantitative estimate of drug-likeness (QED) is 0.403. The van der Waals surface area contributed by atoms with Crippen LogP contribution in [0.1, 0.15) is 45.7 Å². The van der Waals surface area contributed by atoms with E-state index in [4.69, 9.17) is 15.2 Å². The number of ether oxygens (including phenoxy) is 2. The summed E-state index contributed by atoms with van der Waals surface area (Å²) in [6.07, 6.45) is 4.54. The van der Waals surface area contributed by atoms with Crippen molar-refractivity contribution in [3.05, 3.63) is 65.5 Å². The molecule has 2 aliphatic rings. The third-order valence-corrected chi connectivity index (χ3v) is 6.38. The van der Waals surface area contributed by atoms with Crippen LogP contribution in [0.3, 0.4) is 0 Å². The predicted molar refractivity (Wildman–Crippen MR) is 138 cm³/mol. The van der Waals surface area contributed by atoms with Gasteiger partial charge in [0.15, 0.2) is 23.0 Å². The monoisotopic (exact) mass is 502 g/mol. The number of amides is 2. The van der Waals surface area contributed by atoms with Crippen LogP contribution in [0.5, 0.6) is 11.5 Å². The molecule has 1 fully saturated rings. The lowest BCUT2D eigenvalue weighted by Gasteiger charge is -2.19. The molecule has 1 unspecified atom stereocenters. The number of carbonyl (C=O) groups is 2. The average Bonchev–Trinajstić information content (AvgIpc) is 3.20. The molecule has 0 radical (unpaired) electrons. The summed E-state index contributed by atoms with van der Waals surface area (Å²) in [5.74, 6) is 0.860. The molecule has 1 saturated heterocycles. The molecule has 5 rings (SSSR count). The second-order valence-electron chi connectivity index (χ2n) is 9.10. The molecule has 0 aliphatic carbocycles. The molecule has 0 bridgehead atoms. The molecule has 1 atom stereocenters. The fourth-order valence-electron chi connectivity index (χ4n) is 4.40. The predicted octanol–water partition coefficient (Wildman–Crippen LogP) is 2.30. The maximum absolute atomic E-state index is 12.9. The lowest BCUT2D eigenvalue weighted by atomic mass is 10.1. The van der Waals surface area contributed by atoms with Crippen molar-refractivity contribution in [1.29, 1.82) is 0 Å². The van der Waals surface area contributed by atoms with Gasteiger partial charge in [-0.25, -0.2) is 9.97 Å². The van der Waals surface area contributed by atoms with Gasteiger partial charge in [0.2, 0.25) is 0 Å². The molecule has 2 amide bonds. The van der Waals surface area contributed by atoms with E-state index in [0.29, 0.717) is 54.6 Å². The molecular weight excluding hydrogens is 472 g/mol. The Morgan fingerprint density at radius 1 is 1.05 bits per heavy atom. The number of carbonyl (C=O) groups excluding carboxylic acids is 2. The lowest BCUT2D eigenvalue weighted by Crippen LogP contribution is -2.41. The van der Waals surface area contributed by atoms with Crippen molar-refractivity contribution in [1.82, 2.24) is 25.9 Å². The number of nitrogen functional groups attached to an aromatic ring is 1. The van der Waals surface area contributed by atoms with E-state index < -0.39 is 0 Å². The lowest BCUT2D eigenvalue weighted by molar-refractivity contribution is 0.0928. The summed E-state index contributed by atoms with van der Waals surface area (Å²) in [6, 6.07) is 12.6. The Morgan fingerprint density at radius 2 is 1.92 bits per heavy atom. The fraction of sp³-hybridized carbons (Fsp3) is 0.333. The van der Waals surface area contributed by atoms with Gasteiger partial charge in [0.1, 0.15) is 13.2 Å². The highest BCUT2D eigenvalue weighted by atomic mass is 16.6. The normalized spacial score (nSPS) is 16.9. The zero-order valence-corrected chi connectivity index (χ0v) is 20.5. The Morgan fingerprint density at radius 3 is 2.81 bits per heavy atom. The number of fused-ring (bicyclic) bond motifs is 1. The topological polar surface area (TPSA) is 140 Å². The van der Waals surface area contributed by atoms with E-state index in [-0.39, 0.29) is 29.4 Å². The summed E-state index contributed by atoms with van der Waals surface area (Å²) in [7, 11) is 0. The van der Waals surface area contributed by atoms with Crippen LogP contribution in [0.2, 0.25) is 0 Å². The minimum absolute atomic E-state index is 0.0149. The number of anilines is 1. The van der Waals surface area contributed by atoms with Gasteiger partial charge in [-0.1, -0.05) is 24.6 Å². The molecule has 37 heavy (non-hydrogen) atoms. The highest BCUT2D eigenvalue weighted by Crippen LogP contribution is 2.30. The first-order chi connectivity index (χ1) is 18.1. The molecule has 3 aromatic rings. The van der Waals surface area contributed by atoms with E-state index in [9.17, 15) is 9.59 Å². The van der Waals surface area contributed by atoms with Gasteiger partial charge in [0, 0.05) is 30.3 Å². The van der Waals surface area contributed by atoms with E-state index in [1.54, 1.807) is 18.2 Å². The average molecular weight is 503 g/mol. The number of nitrogens with two attached hydrogens (primary N) is 1. The number of rotatable bonds is 6. The molecule has 0 spiro atoms. The zero-order valence-electron chi connectivity index (χ0n) is 20.5. The van der Waals surface area contributed by atoms with Gasteiger partial charge < -0.3 is 31.2 Å². The largest absolute Gasteiger partial charge is 0.486 e. The molecule has 2 aromatic carbocycles. The first kappa shape index (κ1) is 24.5. The first-order valence-electron chi connectivity index (χ1n) is 12.5. The molecule has 10 heteroatoms. The van der Waals surface area contributed by atoms with Crippen LogP contribution in [0.4, 0.5) is 5.82 Å². The Kier molecular flexibility index (Phi) is 7.46. The fourth-order valence-corrected chi connectivity index (χ4v) is 4.40. The van der Waals surface area contributed by atoms with Gasteiger partial charge in [-0.05, 0) is 49.2 Å². The van der Waals surface area contributed by atoms with Crippen LogP contribution in [-0.2, 0) is 6.54 Å². The smallest absolute Gasteiger partial charge is 0.274 e. The van der Waals surface area contributed by atoms with Crippen molar-refractivity contribution in [2.45, 2.75) is 31.8 Å². The molecule has 1 aromatic heterocycles. The van der Waals surface area contributed by atoms with Gasteiger partial charge >= 0.3 is 0 Å². The molecule has 0 saturated carbocycles. The van der Waals surface area contributed by atoms with E-state index in [1.807, 2.05) is 24.3 Å². The zero-order chi connectivity index (χ0) is 25.6. The van der Waals surface area contributed by atoms with Crippen LogP contribution >= 0.6 is 0 Å². The van der Waals surface area contributed by atoms with Crippen molar-refractivity contribution < 1.29 is 19.1 Å². The van der Waals surface area contributed by atoms with Crippen LogP contribution in [0.15, 0.2) is 48.7 Å². The summed E-state index contributed by atoms with van der Waals surface area (Å²) in [6.45, 7) is 3.03. The van der Waals surface area contributed by atoms with Crippen molar-refractivity contribution in [2.24, 2.45) is 0 Å². The van der Waals surface area contributed by atoms with Crippen molar-refractivity contribution in [2.75, 3.05) is 32.0 Å². The minimum Gasteiger partial charge on any atom is -0.486 e. The van der Waals surface area contributed by atoms with Gasteiger partial charge in [0.05, 0.1) is 11.9 Å². The summed E-state index contributed by atoms with van der Waals surface area (Å²) < 4.78 is 11.2. The Labute approximate surface area is 215 Å². The third-order valence-electron chi connectivity index (χ3n) is 6.38.